The molecule has 37 heavy (non-hydrogen) atoms. The molecule has 2 aromatic carbocycles. The Hall–Kier alpha value is -4.70. The van der Waals surface area contributed by atoms with E-state index < -0.39 is 39.1 Å². The van der Waals surface area contributed by atoms with Gasteiger partial charge < -0.3 is 66.4 Å². The Labute approximate surface area is 235 Å². The van der Waals surface area contributed by atoms with Gasteiger partial charge in [0.05, 0.1) is 37.5 Å². The minimum Gasteiger partial charge on any atom is -0.478 e. The van der Waals surface area contributed by atoms with Crippen molar-refractivity contribution in [1.29, 1.82) is 0 Å². The maximum Gasteiger partial charge on any atom is 3.00 e. The van der Waals surface area contributed by atoms with Gasteiger partial charge in [-0.15, -0.1) is 0 Å². The molecule has 21 heteroatoms. The number of aromatic carboxylic acids is 4. The number of carboxylic acid groups (broad SMARTS) is 4. The number of hydrogen-bond donors (Lipinski definition) is 4. The number of carbonyl (C=O) groups is 4. The molecule has 0 amide bonds. The van der Waals surface area contributed by atoms with Crippen LogP contribution in [0.3, 0.4) is 0 Å². The van der Waals surface area contributed by atoms with Crippen LogP contribution in [0.2, 0.25) is 0 Å². The third-order valence-corrected chi connectivity index (χ3v) is 3.19. The molecule has 0 aromatic heterocycles. The molecule has 1 radical (unpaired) electrons. The first kappa shape index (κ1) is 36.9. The van der Waals surface area contributed by atoms with Crippen LogP contribution < -0.4 is 0 Å². The van der Waals surface area contributed by atoms with Crippen LogP contribution in [0.25, 0.3) is 11.1 Å². The fraction of sp³-hybridized carbons (Fsp3) is 0. The van der Waals surface area contributed by atoms with E-state index >= 15 is 0 Å². The van der Waals surface area contributed by atoms with Crippen molar-refractivity contribution < 1.29 is 96.6 Å². The summed E-state index contributed by atoms with van der Waals surface area (Å²) in [4.78, 5) is 69.3. The van der Waals surface area contributed by atoms with Crippen LogP contribution in [0.1, 0.15) is 41.4 Å². The quantitative estimate of drug-likeness (QED) is 0.261. The SMILES string of the molecule is O=C(O)c1cc(C(=O)O)cc(-c2cc(C(=O)O)cc(C(=O)O)c2)c1.O=[N+]([O-])[O-].O=[N+]([O-])[O-].O=[N+]([O-])[O-].[Ce+3]. The molecule has 0 heterocycles. The molecule has 0 unspecified atom stereocenters. The van der Waals surface area contributed by atoms with Gasteiger partial charge in [-0.1, -0.05) is 0 Å². The first-order chi connectivity index (χ1) is 16.4. The first-order valence-corrected chi connectivity index (χ1v) is 8.07. The molecule has 2 aromatic rings. The molecule has 4 N–H and O–H groups in total. The van der Waals surface area contributed by atoms with Crippen molar-refractivity contribution in [1.82, 2.24) is 0 Å². The minimum atomic E-state index is -1.75. The Morgan fingerprint density at radius 1 is 0.459 bits per heavy atom. The van der Waals surface area contributed by atoms with E-state index in [2.05, 4.69) is 0 Å². The Kier molecular flexibility index (Phi) is 17.6. The van der Waals surface area contributed by atoms with Gasteiger partial charge in [-0.2, -0.15) is 0 Å². The third kappa shape index (κ3) is 17.4. The molecule has 0 atom stereocenters. The molecule has 0 saturated heterocycles. The molecule has 20 nitrogen and oxygen atoms in total. The summed E-state index contributed by atoms with van der Waals surface area (Å²) in [6, 6.07) is 6.46. The Morgan fingerprint density at radius 2 is 0.595 bits per heavy atom. The summed E-state index contributed by atoms with van der Waals surface area (Å²) >= 11 is 0. The fourth-order valence-corrected chi connectivity index (χ4v) is 2.08. The van der Waals surface area contributed by atoms with Gasteiger partial charge in [0.1, 0.15) is 0 Å². The van der Waals surface area contributed by atoms with Crippen molar-refractivity contribution in [3.8, 4) is 11.1 Å². The molecular weight excluding hydrogens is 646 g/mol. The van der Waals surface area contributed by atoms with E-state index in [-0.39, 0.29) is 75.1 Å². The number of rotatable bonds is 5. The summed E-state index contributed by atoms with van der Waals surface area (Å²) in [6.07, 6.45) is 0. The Bertz CT molecular complexity index is 1000. The van der Waals surface area contributed by atoms with E-state index in [1.54, 1.807) is 0 Å². The Balaban J connectivity index is -0.000000747. The van der Waals surface area contributed by atoms with Gasteiger partial charge in [-0.25, -0.2) is 19.2 Å². The van der Waals surface area contributed by atoms with Gasteiger partial charge in [-0.05, 0) is 47.5 Å². The summed E-state index contributed by atoms with van der Waals surface area (Å²) in [5.41, 5.74) is -1.11. The van der Waals surface area contributed by atoms with E-state index in [0.717, 1.165) is 36.4 Å². The van der Waals surface area contributed by atoms with Crippen molar-refractivity contribution in [3.05, 3.63) is 105 Å². The molecule has 0 spiro atoms. The van der Waals surface area contributed by atoms with Gasteiger partial charge in [0.25, 0.3) is 0 Å². The maximum atomic E-state index is 11.1. The summed E-state index contributed by atoms with van der Waals surface area (Å²) in [5.74, 6) is -5.47. The monoisotopic (exact) mass is 656 g/mol. The van der Waals surface area contributed by atoms with Crippen LogP contribution in [0.15, 0.2) is 36.4 Å². The number of carboxylic acids is 4. The van der Waals surface area contributed by atoms with Gasteiger partial charge in [-0.3, -0.25) is 0 Å². The van der Waals surface area contributed by atoms with Crippen molar-refractivity contribution in [2.45, 2.75) is 0 Å². The summed E-state index contributed by atoms with van der Waals surface area (Å²) in [7, 11) is 0. The van der Waals surface area contributed by atoms with Crippen LogP contribution in [0, 0.1) is 87.7 Å². The van der Waals surface area contributed by atoms with Gasteiger partial charge in [0, 0.05) is 0 Å². The second-order valence-corrected chi connectivity index (χ2v) is 5.49. The molecule has 2 rings (SSSR count). The summed E-state index contributed by atoms with van der Waals surface area (Å²) in [6.45, 7) is 0. The second-order valence-electron chi connectivity index (χ2n) is 5.49. The van der Waals surface area contributed by atoms with E-state index in [0.29, 0.717) is 0 Å². The van der Waals surface area contributed by atoms with Crippen molar-refractivity contribution in [3.63, 3.8) is 0 Å². The first-order valence-electron chi connectivity index (χ1n) is 8.07. The van der Waals surface area contributed by atoms with E-state index in [1.165, 1.54) is 0 Å². The average Bonchev–Trinajstić information content (AvgIpc) is 2.71. The van der Waals surface area contributed by atoms with Gasteiger partial charge >= 0.3 is 65.6 Å². The number of benzene rings is 2. The number of nitrogens with zero attached hydrogens (tertiary/aromatic N) is 3. The zero-order chi connectivity index (χ0) is 28.7. The van der Waals surface area contributed by atoms with Crippen LogP contribution >= 0.6 is 0 Å². The molecule has 0 aliphatic rings. The van der Waals surface area contributed by atoms with Crippen LogP contribution in [-0.2, 0) is 0 Å². The molecule has 0 bridgehead atoms. The zero-order valence-corrected chi connectivity index (χ0v) is 20.5. The molecule has 195 valence electrons. The normalized spacial score (nSPS) is 8.54. The minimum absolute atomic E-state index is 0. The van der Waals surface area contributed by atoms with Crippen LogP contribution in [0.5, 0.6) is 0 Å². The van der Waals surface area contributed by atoms with E-state index in [9.17, 15) is 19.2 Å². The van der Waals surface area contributed by atoms with E-state index in [1.807, 2.05) is 0 Å². The van der Waals surface area contributed by atoms with Crippen molar-refractivity contribution in [2.75, 3.05) is 0 Å². The van der Waals surface area contributed by atoms with Crippen LogP contribution in [-0.4, -0.2) is 59.6 Å². The van der Waals surface area contributed by atoms with Crippen molar-refractivity contribution in [2.24, 2.45) is 0 Å². The average molecular weight is 656 g/mol. The topological polar surface area (TPSA) is 348 Å². The molecule has 0 aliphatic carbocycles. The predicted molar refractivity (Wildman–Crippen MR) is 111 cm³/mol. The second kappa shape index (κ2) is 17.7. The van der Waals surface area contributed by atoms with Crippen LogP contribution in [0.4, 0.5) is 0 Å². The smallest absolute Gasteiger partial charge is 0.478 e. The van der Waals surface area contributed by atoms with Gasteiger partial charge in [0.2, 0.25) is 0 Å². The zero-order valence-electron chi connectivity index (χ0n) is 17.4. The molecule has 0 aliphatic heterocycles. The Morgan fingerprint density at radius 3 is 0.703 bits per heavy atom. The van der Waals surface area contributed by atoms with Crippen molar-refractivity contribution >= 4 is 23.9 Å². The fourth-order valence-electron chi connectivity index (χ4n) is 2.08. The largest absolute Gasteiger partial charge is 3.00 e. The molecular formula is C16H10CeN3O17. The summed E-state index contributed by atoms with van der Waals surface area (Å²) in [5, 5.41) is 80.5. The summed E-state index contributed by atoms with van der Waals surface area (Å²) < 4.78 is 0. The van der Waals surface area contributed by atoms with E-state index in [4.69, 9.17) is 66.4 Å². The molecule has 0 saturated carbocycles. The van der Waals surface area contributed by atoms with Gasteiger partial charge in [0.15, 0.2) is 0 Å². The third-order valence-electron chi connectivity index (χ3n) is 3.19. The predicted octanol–water partition coefficient (Wildman–Crippen LogP) is 1.43. The molecule has 0 fully saturated rings. The standard InChI is InChI=1S/C16H10O8.Ce.3NO3/c17-13(18)9-1-7(2-10(5-9)14(19)20)8-3-11(15(21)22)6-12(4-8)16(23)24;;3*2-1(3)4/h1-6H,(H,17,18)(H,19,20)(H,21,22)(H,23,24);;;;/q;+3;3*-1. The number of hydrogen-bond acceptors (Lipinski definition) is 13. The maximum absolute atomic E-state index is 11.1.